The second-order valence-electron chi connectivity index (χ2n) is 5.69. The number of amides is 2. The van der Waals surface area contributed by atoms with Crippen LogP contribution in [0.4, 0.5) is 0 Å². The van der Waals surface area contributed by atoms with E-state index in [0.29, 0.717) is 4.88 Å². The number of nitrogens with zero attached hydrogens (tertiary/aromatic N) is 1. The molecule has 0 radical (unpaired) electrons. The van der Waals surface area contributed by atoms with E-state index >= 15 is 0 Å². The van der Waals surface area contributed by atoms with E-state index < -0.39 is 6.04 Å². The minimum absolute atomic E-state index is 0. The number of rotatable bonds is 6. The van der Waals surface area contributed by atoms with Crippen LogP contribution in [-0.4, -0.2) is 48.4 Å². The maximum Gasteiger partial charge on any atom is 0.261 e. The van der Waals surface area contributed by atoms with E-state index in [2.05, 4.69) is 17.6 Å². The van der Waals surface area contributed by atoms with Gasteiger partial charge in [-0.2, -0.15) is 0 Å². The fourth-order valence-electron chi connectivity index (χ4n) is 2.82. The standard InChI is InChI=1S/C16H25N3O2S.ClH/c1-3-10-19(13-6-8-17-9-7-13)16(21)12(2)18-15(20)14-5-4-11-22-14;/h4-5,11-13,17H,3,6-10H2,1-2H3,(H,18,20);1H. The van der Waals surface area contributed by atoms with Crippen molar-refractivity contribution in [2.45, 2.75) is 45.2 Å². The topological polar surface area (TPSA) is 61.4 Å². The van der Waals surface area contributed by atoms with E-state index in [-0.39, 0.29) is 30.3 Å². The van der Waals surface area contributed by atoms with Gasteiger partial charge >= 0.3 is 0 Å². The Labute approximate surface area is 148 Å². The van der Waals surface area contributed by atoms with Gasteiger partial charge in [-0.05, 0) is 50.7 Å². The Kier molecular flexibility index (Phi) is 8.58. The van der Waals surface area contributed by atoms with Gasteiger partial charge in [0.05, 0.1) is 4.88 Å². The number of halogens is 1. The first kappa shape index (κ1) is 19.9. The minimum Gasteiger partial charge on any atom is -0.340 e. The van der Waals surface area contributed by atoms with Gasteiger partial charge in [0.15, 0.2) is 0 Å². The zero-order chi connectivity index (χ0) is 15.9. The van der Waals surface area contributed by atoms with Gasteiger partial charge in [-0.25, -0.2) is 0 Å². The molecule has 23 heavy (non-hydrogen) atoms. The fraction of sp³-hybridized carbons (Fsp3) is 0.625. The Balaban J connectivity index is 0.00000264. The van der Waals surface area contributed by atoms with Gasteiger partial charge in [0.25, 0.3) is 5.91 Å². The third kappa shape index (κ3) is 5.48. The van der Waals surface area contributed by atoms with Gasteiger partial charge in [-0.15, -0.1) is 23.7 Å². The van der Waals surface area contributed by atoms with Gasteiger partial charge in [0.1, 0.15) is 6.04 Å². The highest BCUT2D eigenvalue weighted by Crippen LogP contribution is 2.15. The molecule has 0 aliphatic carbocycles. The molecule has 5 nitrogen and oxygen atoms in total. The molecule has 1 aliphatic heterocycles. The molecule has 2 rings (SSSR count). The first-order chi connectivity index (χ1) is 10.6. The number of carbonyl (C=O) groups is 2. The summed E-state index contributed by atoms with van der Waals surface area (Å²) in [7, 11) is 0. The summed E-state index contributed by atoms with van der Waals surface area (Å²) in [6.45, 7) is 6.51. The highest BCUT2D eigenvalue weighted by atomic mass is 35.5. The van der Waals surface area contributed by atoms with Gasteiger partial charge in [0.2, 0.25) is 5.91 Å². The molecule has 1 aromatic heterocycles. The molecule has 2 heterocycles. The second-order valence-corrected chi connectivity index (χ2v) is 6.63. The highest BCUT2D eigenvalue weighted by molar-refractivity contribution is 7.12. The zero-order valence-electron chi connectivity index (χ0n) is 13.7. The van der Waals surface area contributed by atoms with Crippen molar-refractivity contribution in [1.29, 1.82) is 0 Å². The van der Waals surface area contributed by atoms with Crippen LogP contribution in [0.1, 0.15) is 42.8 Å². The van der Waals surface area contributed by atoms with Crippen molar-refractivity contribution < 1.29 is 9.59 Å². The Morgan fingerprint density at radius 3 is 2.70 bits per heavy atom. The van der Waals surface area contributed by atoms with Crippen molar-refractivity contribution in [1.82, 2.24) is 15.5 Å². The molecule has 130 valence electrons. The number of carbonyl (C=O) groups excluding carboxylic acids is 2. The van der Waals surface area contributed by atoms with E-state index in [0.717, 1.165) is 38.9 Å². The summed E-state index contributed by atoms with van der Waals surface area (Å²) in [5, 5.41) is 8.01. The van der Waals surface area contributed by atoms with Gasteiger partial charge in [0, 0.05) is 12.6 Å². The molecule has 0 aromatic carbocycles. The maximum absolute atomic E-state index is 12.7. The Hall–Kier alpha value is -1.11. The quantitative estimate of drug-likeness (QED) is 0.819. The number of hydrogen-bond acceptors (Lipinski definition) is 4. The summed E-state index contributed by atoms with van der Waals surface area (Å²) in [5.41, 5.74) is 0. The lowest BCUT2D eigenvalue weighted by Crippen LogP contribution is -2.53. The van der Waals surface area contributed by atoms with Crippen molar-refractivity contribution in [3.8, 4) is 0 Å². The summed E-state index contributed by atoms with van der Waals surface area (Å²) < 4.78 is 0. The van der Waals surface area contributed by atoms with Crippen LogP contribution in [0.3, 0.4) is 0 Å². The van der Waals surface area contributed by atoms with Gasteiger partial charge in [-0.1, -0.05) is 13.0 Å². The molecule has 7 heteroatoms. The van der Waals surface area contributed by atoms with Crippen LogP contribution in [0.5, 0.6) is 0 Å². The van der Waals surface area contributed by atoms with Crippen molar-refractivity contribution >= 4 is 35.6 Å². The molecule has 0 bridgehead atoms. The molecule has 1 fully saturated rings. The summed E-state index contributed by atoms with van der Waals surface area (Å²) in [6, 6.07) is 3.41. The third-order valence-corrected chi connectivity index (χ3v) is 4.83. The number of hydrogen-bond donors (Lipinski definition) is 2. The van der Waals surface area contributed by atoms with Crippen LogP contribution in [0.25, 0.3) is 0 Å². The average molecular weight is 360 g/mol. The summed E-state index contributed by atoms with van der Waals surface area (Å²) in [6.07, 6.45) is 2.90. The molecule has 1 unspecified atom stereocenters. The van der Waals surface area contributed by atoms with Crippen LogP contribution in [0.15, 0.2) is 17.5 Å². The average Bonchev–Trinajstić information content (AvgIpc) is 3.07. The molecular formula is C16H26ClN3O2S. The SMILES string of the molecule is CCCN(C(=O)C(C)NC(=O)c1cccs1)C1CCNCC1.Cl. The first-order valence-corrected chi connectivity index (χ1v) is 8.87. The molecule has 2 amide bonds. The highest BCUT2D eigenvalue weighted by Gasteiger charge is 2.28. The zero-order valence-corrected chi connectivity index (χ0v) is 15.3. The second kappa shape index (κ2) is 9.90. The minimum atomic E-state index is -0.490. The summed E-state index contributed by atoms with van der Waals surface area (Å²) in [5.74, 6) is -0.142. The number of nitrogens with one attached hydrogen (secondary N) is 2. The largest absolute Gasteiger partial charge is 0.340 e. The fourth-order valence-corrected chi connectivity index (χ4v) is 3.44. The molecule has 1 saturated heterocycles. The smallest absolute Gasteiger partial charge is 0.261 e. The van der Waals surface area contributed by atoms with Crippen LogP contribution in [0, 0.1) is 0 Å². The van der Waals surface area contributed by atoms with E-state index in [9.17, 15) is 9.59 Å². The van der Waals surface area contributed by atoms with Crippen LogP contribution < -0.4 is 10.6 Å². The van der Waals surface area contributed by atoms with Gasteiger partial charge in [-0.3, -0.25) is 9.59 Å². The lowest BCUT2D eigenvalue weighted by molar-refractivity contribution is -0.135. The predicted octanol–water partition coefficient (Wildman–Crippen LogP) is 2.28. The predicted molar refractivity (Wildman–Crippen MR) is 96.4 cm³/mol. The van der Waals surface area contributed by atoms with Crippen molar-refractivity contribution in [2.75, 3.05) is 19.6 Å². The molecule has 1 aromatic rings. The maximum atomic E-state index is 12.7. The molecular weight excluding hydrogens is 334 g/mol. The normalized spacial score (nSPS) is 16.3. The van der Waals surface area contributed by atoms with E-state index in [1.165, 1.54) is 11.3 Å². The van der Waals surface area contributed by atoms with Crippen LogP contribution in [0.2, 0.25) is 0 Å². The molecule has 0 saturated carbocycles. The number of piperidine rings is 1. The summed E-state index contributed by atoms with van der Waals surface area (Å²) in [4.78, 5) is 27.4. The molecule has 0 spiro atoms. The molecule has 1 aliphatic rings. The Morgan fingerprint density at radius 2 is 2.13 bits per heavy atom. The lowest BCUT2D eigenvalue weighted by atomic mass is 10.0. The Morgan fingerprint density at radius 1 is 1.43 bits per heavy atom. The van der Waals surface area contributed by atoms with E-state index in [4.69, 9.17) is 0 Å². The molecule has 1 atom stereocenters. The monoisotopic (exact) mass is 359 g/mol. The van der Waals surface area contributed by atoms with Crippen molar-refractivity contribution in [3.63, 3.8) is 0 Å². The van der Waals surface area contributed by atoms with Crippen molar-refractivity contribution in [2.24, 2.45) is 0 Å². The number of thiophene rings is 1. The third-order valence-electron chi connectivity index (χ3n) is 3.96. The molecule has 2 N–H and O–H groups in total. The lowest BCUT2D eigenvalue weighted by Gasteiger charge is -2.36. The van der Waals surface area contributed by atoms with Gasteiger partial charge < -0.3 is 15.5 Å². The van der Waals surface area contributed by atoms with Crippen LogP contribution >= 0.6 is 23.7 Å². The van der Waals surface area contributed by atoms with E-state index in [1.807, 2.05) is 16.3 Å². The summed E-state index contributed by atoms with van der Waals surface area (Å²) >= 11 is 1.39. The van der Waals surface area contributed by atoms with Crippen LogP contribution in [-0.2, 0) is 4.79 Å². The van der Waals surface area contributed by atoms with E-state index in [1.54, 1.807) is 13.0 Å². The first-order valence-electron chi connectivity index (χ1n) is 7.99. The Bertz CT molecular complexity index is 490. The van der Waals surface area contributed by atoms with Crippen molar-refractivity contribution in [3.05, 3.63) is 22.4 Å².